The summed E-state index contributed by atoms with van der Waals surface area (Å²) in [4.78, 5) is 11.7. The van der Waals surface area contributed by atoms with Crippen LogP contribution < -0.4 is 0 Å². The normalized spacial score (nSPS) is 10.5. The van der Waals surface area contributed by atoms with Crippen molar-refractivity contribution < 1.29 is 19.2 Å². The Kier molecular flexibility index (Phi) is 4.21. The maximum atomic E-state index is 11.7. The SMILES string of the molecule is COC(=O)c1cccc(-c2noc(-c3ccccc3)c2CO)c1. The topological polar surface area (TPSA) is 72.6 Å². The minimum atomic E-state index is -0.427. The molecule has 5 heteroatoms. The maximum absolute atomic E-state index is 11.7. The van der Waals surface area contributed by atoms with Crippen LogP contribution in [0.4, 0.5) is 0 Å². The van der Waals surface area contributed by atoms with Crippen molar-refractivity contribution in [1.29, 1.82) is 0 Å². The molecular formula is C18H15NO4. The van der Waals surface area contributed by atoms with Gasteiger partial charge in [-0.25, -0.2) is 4.79 Å². The number of carbonyl (C=O) groups excluding carboxylic acids is 1. The first-order valence-corrected chi connectivity index (χ1v) is 7.08. The minimum Gasteiger partial charge on any atom is -0.465 e. The highest BCUT2D eigenvalue weighted by Crippen LogP contribution is 2.32. The van der Waals surface area contributed by atoms with Gasteiger partial charge in [0.15, 0.2) is 5.76 Å². The zero-order valence-corrected chi connectivity index (χ0v) is 12.5. The predicted octanol–water partition coefficient (Wildman–Crippen LogP) is 3.29. The quantitative estimate of drug-likeness (QED) is 0.749. The highest BCUT2D eigenvalue weighted by molar-refractivity contribution is 5.91. The van der Waals surface area contributed by atoms with Gasteiger partial charge in [-0.15, -0.1) is 0 Å². The summed E-state index contributed by atoms with van der Waals surface area (Å²) in [6.45, 7) is -0.217. The van der Waals surface area contributed by atoms with Crippen molar-refractivity contribution in [2.75, 3.05) is 7.11 Å². The Labute approximate surface area is 133 Å². The highest BCUT2D eigenvalue weighted by Gasteiger charge is 2.19. The Morgan fingerprint density at radius 2 is 1.87 bits per heavy atom. The molecule has 0 atom stereocenters. The number of aliphatic hydroxyl groups is 1. The number of rotatable bonds is 4. The van der Waals surface area contributed by atoms with E-state index in [0.717, 1.165) is 5.56 Å². The first-order valence-electron chi connectivity index (χ1n) is 7.08. The van der Waals surface area contributed by atoms with Crippen molar-refractivity contribution in [3.63, 3.8) is 0 Å². The molecular weight excluding hydrogens is 294 g/mol. The average molecular weight is 309 g/mol. The van der Waals surface area contributed by atoms with Crippen LogP contribution in [0.25, 0.3) is 22.6 Å². The first kappa shape index (κ1) is 15.0. The van der Waals surface area contributed by atoms with Gasteiger partial charge in [0.05, 0.1) is 24.8 Å². The second-order valence-corrected chi connectivity index (χ2v) is 4.94. The van der Waals surface area contributed by atoms with Gasteiger partial charge in [0, 0.05) is 11.1 Å². The van der Waals surface area contributed by atoms with Gasteiger partial charge in [-0.3, -0.25) is 0 Å². The Morgan fingerprint density at radius 3 is 2.57 bits per heavy atom. The van der Waals surface area contributed by atoms with E-state index in [-0.39, 0.29) is 6.61 Å². The molecule has 0 spiro atoms. The molecule has 116 valence electrons. The zero-order chi connectivity index (χ0) is 16.2. The Morgan fingerprint density at radius 1 is 1.13 bits per heavy atom. The van der Waals surface area contributed by atoms with Crippen molar-refractivity contribution in [3.05, 3.63) is 65.7 Å². The van der Waals surface area contributed by atoms with E-state index in [0.29, 0.717) is 28.1 Å². The lowest BCUT2D eigenvalue weighted by atomic mass is 10.0. The molecule has 5 nitrogen and oxygen atoms in total. The number of aromatic nitrogens is 1. The molecule has 0 aliphatic heterocycles. The van der Waals surface area contributed by atoms with Crippen molar-refractivity contribution in [3.8, 4) is 22.6 Å². The molecule has 0 fully saturated rings. The lowest BCUT2D eigenvalue weighted by Crippen LogP contribution is -2.01. The summed E-state index contributed by atoms with van der Waals surface area (Å²) in [6, 6.07) is 16.3. The van der Waals surface area contributed by atoms with Crippen LogP contribution in [0.3, 0.4) is 0 Å². The number of carbonyl (C=O) groups is 1. The van der Waals surface area contributed by atoms with Crippen LogP contribution in [-0.2, 0) is 11.3 Å². The molecule has 0 aliphatic rings. The largest absolute Gasteiger partial charge is 0.465 e. The summed E-state index contributed by atoms with van der Waals surface area (Å²) in [5.41, 5.74) is 3.02. The van der Waals surface area contributed by atoms with E-state index in [2.05, 4.69) is 5.16 Å². The first-order chi connectivity index (χ1) is 11.2. The van der Waals surface area contributed by atoms with Gasteiger partial charge < -0.3 is 14.4 Å². The summed E-state index contributed by atoms with van der Waals surface area (Å²) < 4.78 is 10.2. The molecule has 0 radical (unpaired) electrons. The van der Waals surface area contributed by atoms with Crippen molar-refractivity contribution in [1.82, 2.24) is 5.16 Å². The fourth-order valence-corrected chi connectivity index (χ4v) is 2.41. The van der Waals surface area contributed by atoms with E-state index in [1.807, 2.05) is 30.3 Å². The zero-order valence-electron chi connectivity index (χ0n) is 12.5. The molecule has 0 bridgehead atoms. The maximum Gasteiger partial charge on any atom is 0.337 e. The van der Waals surface area contributed by atoms with Crippen molar-refractivity contribution >= 4 is 5.97 Å². The Bertz CT molecular complexity index is 824. The van der Waals surface area contributed by atoms with E-state index < -0.39 is 5.97 Å². The van der Waals surface area contributed by atoms with Gasteiger partial charge >= 0.3 is 5.97 Å². The van der Waals surface area contributed by atoms with E-state index in [4.69, 9.17) is 9.26 Å². The fourth-order valence-electron chi connectivity index (χ4n) is 2.41. The van der Waals surface area contributed by atoms with E-state index in [1.165, 1.54) is 7.11 Å². The molecule has 23 heavy (non-hydrogen) atoms. The molecule has 0 aliphatic carbocycles. The molecule has 0 saturated carbocycles. The molecule has 1 heterocycles. The standard InChI is InChI=1S/C18H15NO4/c1-22-18(21)14-9-5-8-13(10-14)16-15(11-20)17(23-19-16)12-6-3-2-4-7-12/h2-10,20H,11H2,1H3. The van der Waals surface area contributed by atoms with Crippen LogP contribution in [0.5, 0.6) is 0 Å². The molecule has 1 N–H and O–H groups in total. The number of hydrogen-bond donors (Lipinski definition) is 1. The van der Waals surface area contributed by atoms with E-state index in [9.17, 15) is 9.90 Å². The number of hydrogen-bond acceptors (Lipinski definition) is 5. The summed E-state index contributed by atoms with van der Waals surface area (Å²) in [7, 11) is 1.33. The van der Waals surface area contributed by atoms with Crippen LogP contribution in [0.15, 0.2) is 59.1 Å². The van der Waals surface area contributed by atoms with Crippen molar-refractivity contribution in [2.45, 2.75) is 6.61 Å². The predicted molar refractivity (Wildman–Crippen MR) is 84.6 cm³/mol. The van der Waals surface area contributed by atoms with Crippen LogP contribution >= 0.6 is 0 Å². The van der Waals surface area contributed by atoms with Gasteiger partial charge in [0.25, 0.3) is 0 Å². The van der Waals surface area contributed by atoms with Gasteiger partial charge in [-0.1, -0.05) is 47.6 Å². The summed E-state index contributed by atoms with van der Waals surface area (Å²) in [6.07, 6.45) is 0. The van der Waals surface area contributed by atoms with Crippen LogP contribution in [-0.4, -0.2) is 23.3 Å². The molecule has 0 saturated heterocycles. The minimum absolute atomic E-state index is 0.217. The van der Waals surface area contributed by atoms with Crippen LogP contribution in [0.2, 0.25) is 0 Å². The monoisotopic (exact) mass is 309 g/mol. The summed E-state index contributed by atoms with van der Waals surface area (Å²) in [5, 5.41) is 13.8. The molecule has 3 rings (SSSR count). The van der Waals surface area contributed by atoms with Gasteiger partial charge in [0.2, 0.25) is 0 Å². The lowest BCUT2D eigenvalue weighted by Gasteiger charge is -2.03. The third kappa shape index (κ3) is 2.86. The van der Waals surface area contributed by atoms with Crippen LogP contribution in [0, 0.1) is 0 Å². The molecule has 0 amide bonds. The molecule has 2 aromatic carbocycles. The molecule has 3 aromatic rings. The number of methoxy groups -OCH3 is 1. The number of nitrogens with zero attached hydrogens (tertiary/aromatic N) is 1. The Balaban J connectivity index is 2.08. The highest BCUT2D eigenvalue weighted by atomic mass is 16.5. The average Bonchev–Trinajstić information content (AvgIpc) is 3.06. The number of ether oxygens (including phenoxy) is 1. The van der Waals surface area contributed by atoms with E-state index >= 15 is 0 Å². The van der Waals surface area contributed by atoms with Gasteiger partial charge in [-0.2, -0.15) is 0 Å². The Hall–Kier alpha value is -2.92. The summed E-state index contributed by atoms with van der Waals surface area (Å²) >= 11 is 0. The lowest BCUT2D eigenvalue weighted by molar-refractivity contribution is 0.0601. The van der Waals surface area contributed by atoms with Crippen molar-refractivity contribution in [2.24, 2.45) is 0 Å². The number of benzene rings is 2. The van der Waals surface area contributed by atoms with Gasteiger partial charge in [-0.05, 0) is 12.1 Å². The fraction of sp³-hybridized carbons (Fsp3) is 0.111. The molecule has 1 aromatic heterocycles. The van der Waals surface area contributed by atoms with Crippen LogP contribution in [0.1, 0.15) is 15.9 Å². The third-order valence-electron chi connectivity index (χ3n) is 3.54. The smallest absolute Gasteiger partial charge is 0.337 e. The number of esters is 1. The van der Waals surface area contributed by atoms with Gasteiger partial charge in [0.1, 0.15) is 5.69 Å². The third-order valence-corrected chi connectivity index (χ3v) is 3.54. The summed E-state index contributed by atoms with van der Waals surface area (Å²) in [5.74, 6) is 0.0933. The van der Waals surface area contributed by atoms with E-state index in [1.54, 1.807) is 24.3 Å². The molecule has 0 unspecified atom stereocenters. The second-order valence-electron chi connectivity index (χ2n) is 4.94. The second kappa shape index (κ2) is 6.46. The number of aliphatic hydroxyl groups excluding tert-OH is 1.